The second-order valence-corrected chi connectivity index (χ2v) is 6.01. The molecule has 5 nitrogen and oxygen atoms in total. The molecule has 1 aliphatic rings. The molecule has 0 saturated heterocycles. The van der Waals surface area contributed by atoms with Crippen molar-refractivity contribution in [1.29, 1.82) is 0 Å². The summed E-state index contributed by atoms with van der Waals surface area (Å²) in [6.07, 6.45) is 1.67. The number of hydrogen-bond donors (Lipinski definition) is 0. The van der Waals surface area contributed by atoms with E-state index in [-0.39, 0.29) is 11.6 Å². The lowest BCUT2D eigenvalue weighted by molar-refractivity contribution is -0.129. The van der Waals surface area contributed by atoms with Crippen LogP contribution in [0.1, 0.15) is 18.1 Å². The van der Waals surface area contributed by atoms with Gasteiger partial charge in [0.15, 0.2) is 5.70 Å². The van der Waals surface area contributed by atoms with Crippen molar-refractivity contribution in [2.45, 2.75) is 6.92 Å². The Morgan fingerprint density at radius 1 is 1.20 bits per heavy atom. The third-order valence-corrected chi connectivity index (χ3v) is 4.15. The lowest BCUT2D eigenvalue weighted by Gasteiger charge is -2.06. The van der Waals surface area contributed by atoms with Crippen molar-refractivity contribution < 1.29 is 19.0 Å². The van der Waals surface area contributed by atoms with Crippen LogP contribution in [0.5, 0.6) is 11.5 Å². The van der Waals surface area contributed by atoms with Crippen LogP contribution < -0.4 is 9.47 Å². The van der Waals surface area contributed by atoms with E-state index in [1.165, 1.54) is 0 Å². The molecule has 128 valence electrons. The minimum absolute atomic E-state index is 0.231. The Morgan fingerprint density at radius 2 is 2.00 bits per heavy atom. The Labute approximate surface area is 154 Å². The molecule has 0 saturated carbocycles. The van der Waals surface area contributed by atoms with Gasteiger partial charge in [0.05, 0.1) is 18.2 Å². The minimum Gasteiger partial charge on any atom is -0.496 e. The van der Waals surface area contributed by atoms with E-state index in [1.807, 2.05) is 31.2 Å². The third kappa shape index (κ3) is 3.74. The van der Waals surface area contributed by atoms with E-state index in [9.17, 15) is 4.79 Å². The van der Waals surface area contributed by atoms with Gasteiger partial charge in [0.25, 0.3) is 0 Å². The zero-order chi connectivity index (χ0) is 17.8. The summed E-state index contributed by atoms with van der Waals surface area (Å²) >= 11 is 3.41. The highest BCUT2D eigenvalue weighted by Crippen LogP contribution is 2.28. The van der Waals surface area contributed by atoms with Crippen LogP contribution in [0.25, 0.3) is 6.08 Å². The van der Waals surface area contributed by atoms with Crippen LogP contribution in [0.4, 0.5) is 0 Å². The normalized spacial score (nSPS) is 15.1. The van der Waals surface area contributed by atoms with Crippen LogP contribution in [-0.2, 0) is 9.53 Å². The van der Waals surface area contributed by atoms with E-state index in [0.717, 1.165) is 10.0 Å². The molecule has 3 rings (SSSR count). The summed E-state index contributed by atoms with van der Waals surface area (Å²) < 4.78 is 16.8. The molecule has 0 unspecified atom stereocenters. The van der Waals surface area contributed by atoms with Gasteiger partial charge in [0.2, 0.25) is 5.90 Å². The Kier molecular flexibility index (Phi) is 5.19. The number of aliphatic imine (C=N–C) groups is 1. The number of carbonyl (C=O) groups is 1. The number of hydrogen-bond acceptors (Lipinski definition) is 5. The maximum absolute atomic E-state index is 12.2. The Balaban J connectivity index is 1.94. The largest absolute Gasteiger partial charge is 0.496 e. The predicted octanol–water partition coefficient (Wildman–Crippen LogP) is 4.20. The number of halogens is 1. The topological polar surface area (TPSA) is 57.1 Å². The van der Waals surface area contributed by atoms with E-state index >= 15 is 0 Å². The summed E-state index contributed by atoms with van der Waals surface area (Å²) in [5, 5.41) is 0. The fraction of sp³-hybridized carbons (Fsp3) is 0.158. The van der Waals surface area contributed by atoms with Crippen molar-refractivity contribution in [1.82, 2.24) is 0 Å². The molecule has 25 heavy (non-hydrogen) atoms. The lowest BCUT2D eigenvalue weighted by Crippen LogP contribution is -2.05. The van der Waals surface area contributed by atoms with Gasteiger partial charge in [-0.05, 0) is 53.2 Å². The van der Waals surface area contributed by atoms with Crippen LogP contribution in [0.2, 0.25) is 0 Å². The summed E-state index contributed by atoms with van der Waals surface area (Å²) in [5.41, 5.74) is 1.69. The van der Waals surface area contributed by atoms with Crippen molar-refractivity contribution >= 4 is 33.9 Å². The molecule has 0 aromatic heterocycles. The molecule has 0 amide bonds. The van der Waals surface area contributed by atoms with Crippen LogP contribution in [0, 0.1) is 0 Å². The summed E-state index contributed by atoms with van der Waals surface area (Å²) in [5.74, 6) is 1.15. The number of nitrogens with zero attached hydrogens (tertiary/aromatic N) is 1. The molecule has 0 fully saturated rings. The van der Waals surface area contributed by atoms with Crippen molar-refractivity contribution in [3.8, 4) is 11.5 Å². The molecule has 1 heterocycles. The zero-order valence-electron chi connectivity index (χ0n) is 13.8. The highest BCUT2D eigenvalue weighted by atomic mass is 79.9. The van der Waals surface area contributed by atoms with Crippen LogP contribution in [0.3, 0.4) is 0 Å². The Hall–Kier alpha value is -2.60. The smallest absolute Gasteiger partial charge is 0.363 e. The first-order valence-corrected chi connectivity index (χ1v) is 8.50. The SMILES string of the molecule is CCOc1ccccc1C=C1N=C(c2ccc(OC)c(Br)c2)OC1=O. The van der Waals surface area contributed by atoms with Gasteiger partial charge in [0, 0.05) is 11.1 Å². The van der Waals surface area contributed by atoms with Crippen molar-refractivity contribution in [2.75, 3.05) is 13.7 Å². The quantitative estimate of drug-likeness (QED) is 0.556. The zero-order valence-corrected chi connectivity index (χ0v) is 15.4. The second-order valence-electron chi connectivity index (χ2n) is 5.16. The first kappa shape index (κ1) is 17.2. The monoisotopic (exact) mass is 401 g/mol. The van der Waals surface area contributed by atoms with Gasteiger partial charge in [-0.2, -0.15) is 0 Å². The highest BCUT2D eigenvalue weighted by molar-refractivity contribution is 9.10. The summed E-state index contributed by atoms with van der Waals surface area (Å²) in [6, 6.07) is 12.8. The first-order chi connectivity index (χ1) is 12.1. The fourth-order valence-electron chi connectivity index (χ4n) is 2.37. The van der Waals surface area contributed by atoms with E-state index in [0.29, 0.717) is 23.7 Å². The van der Waals surface area contributed by atoms with Gasteiger partial charge in [-0.25, -0.2) is 9.79 Å². The standard InChI is InChI=1S/C19H16BrNO4/c1-3-24-16-7-5-4-6-12(16)11-15-19(22)25-18(21-15)13-8-9-17(23-2)14(20)10-13/h4-11H,3H2,1-2H3. The number of rotatable bonds is 5. The molecule has 0 bridgehead atoms. The summed E-state index contributed by atoms with van der Waals surface area (Å²) in [7, 11) is 1.59. The summed E-state index contributed by atoms with van der Waals surface area (Å²) in [6.45, 7) is 2.45. The van der Waals surface area contributed by atoms with Gasteiger partial charge >= 0.3 is 5.97 Å². The minimum atomic E-state index is -0.492. The van der Waals surface area contributed by atoms with Crippen LogP contribution >= 0.6 is 15.9 Å². The Morgan fingerprint density at radius 3 is 2.72 bits per heavy atom. The Bertz CT molecular complexity index is 873. The van der Waals surface area contributed by atoms with Crippen molar-refractivity contribution in [3.05, 3.63) is 63.8 Å². The molecular weight excluding hydrogens is 386 g/mol. The van der Waals surface area contributed by atoms with E-state index in [1.54, 1.807) is 31.4 Å². The molecule has 0 atom stereocenters. The van der Waals surface area contributed by atoms with E-state index < -0.39 is 5.97 Å². The third-order valence-electron chi connectivity index (χ3n) is 3.53. The van der Waals surface area contributed by atoms with Crippen molar-refractivity contribution in [3.63, 3.8) is 0 Å². The molecule has 0 aliphatic carbocycles. The average molecular weight is 402 g/mol. The average Bonchev–Trinajstić information content (AvgIpc) is 2.97. The van der Waals surface area contributed by atoms with Gasteiger partial charge < -0.3 is 14.2 Å². The van der Waals surface area contributed by atoms with Gasteiger partial charge in [-0.1, -0.05) is 18.2 Å². The van der Waals surface area contributed by atoms with Gasteiger partial charge in [-0.3, -0.25) is 0 Å². The van der Waals surface area contributed by atoms with Gasteiger partial charge in [0.1, 0.15) is 11.5 Å². The molecule has 0 N–H and O–H groups in total. The molecule has 0 radical (unpaired) electrons. The number of benzene rings is 2. The molecule has 0 spiro atoms. The summed E-state index contributed by atoms with van der Waals surface area (Å²) in [4.78, 5) is 16.5. The molecule has 1 aliphatic heterocycles. The number of carbonyl (C=O) groups excluding carboxylic acids is 1. The lowest BCUT2D eigenvalue weighted by atomic mass is 10.1. The van der Waals surface area contributed by atoms with E-state index in [2.05, 4.69) is 20.9 Å². The first-order valence-electron chi connectivity index (χ1n) is 7.70. The maximum atomic E-state index is 12.2. The maximum Gasteiger partial charge on any atom is 0.363 e. The number of cyclic esters (lactones) is 1. The number of para-hydroxylation sites is 1. The number of methoxy groups -OCH3 is 1. The number of ether oxygens (including phenoxy) is 3. The van der Waals surface area contributed by atoms with Crippen LogP contribution in [0.15, 0.2) is 57.6 Å². The molecular formula is C19H16BrNO4. The molecule has 2 aromatic rings. The highest BCUT2D eigenvalue weighted by Gasteiger charge is 2.25. The van der Waals surface area contributed by atoms with Crippen LogP contribution in [-0.4, -0.2) is 25.6 Å². The molecule has 6 heteroatoms. The molecule has 2 aromatic carbocycles. The van der Waals surface area contributed by atoms with E-state index in [4.69, 9.17) is 14.2 Å². The number of esters is 1. The fourth-order valence-corrected chi connectivity index (χ4v) is 2.91. The second kappa shape index (κ2) is 7.53. The van der Waals surface area contributed by atoms with Gasteiger partial charge in [-0.15, -0.1) is 0 Å². The van der Waals surface area contributed by atoms with Crippen molar-refractivity contribution in [2.24, 2.45) is 4.99 Å². The predicted molar refractivity (Wildman–Crippen MR) is 98.9 cm³/mol.